The highest BCUT2D eigenvalue weighted by Crippen LogP contribution is 2.54. The molecule has 4 N–H and O–H groups in total. The summed E-state index contributed by atoms with van der Waals surface area (Å²) in [6.45, 7) is 14.9. The summed E-state index contributed by atoms with van der Waals surface area (Å²) in [5.74, 6) is 1.77. The lowest BCUT2D eigenvalue weighted by Crippen LogP contribution is -2.59. The minimum absolute atomic E-state index is 0.0205. The van der Waals surface area contributed by atoms with Gasteiger partial charge >= 0.3 is 0 Å². The van der Waals surface area contributed by atoms with Gasteiger partial charge < -0.3 is 49.2 Å². The average Bonchev–Trinajstić information content (AvgIpc) is 1.56. The van der Waals surface area contributed by atoms with Gasteiger partial charge in [-0.25, -0.2) is 23.1 Å². The van der Waals surface area contributed by atoms with Gasteiger partial charge in [0.15, 0.2) is 17.4 Å². The second kappa shape index (κ2) is 23.9. The number of nitrogens with zero attached hydrogens (tertiary/aromatic N) is 9. The van der Waals surface area contributed by atoms with E-state index in [0.717, 1.165) is 142 Å². The standard InChI is InChI=1S/C64H80N12O9S/c1-43-6-4-5-7-51(43)57-41-70(40-45-32-58(83-3)61(67-39-45)72-26-29-84-30-27-72)24-25-73(57)49-36-64(37-49)18-22-71(23-19-64)47-8-10-52(54(34-47)75-21-15-48-42-85-31-28-74(48)60-56(75)33-46-14-20-65-59(46)68-60)62(77)69-86(81,82)50-9-11-53(55(35-50)76(79)80)66-38-44-12-16-63(2,78)17-13-44/h4-11,14,20,32-35,39,44,48-49,57,66,78H,12-13,15-19,21-31,36-38,40-42H2,1-3H3,(H,65,68)(H,69,77)/t44?,48-,57+,63?/m1/s1. The first-order chi connectivity index (χ1) is 41.6. The lowest BCUT2D eigenvalue weighted by molar-refractivity contribution is -0.384. The van der Waals surface area contributed by atoms with E-state index in [9.17, 15) is 28.4 Å². The van der Waals surface area contributed by atoms with Crippen molar-refractivity contribution in [2.24, 2.45) is 11.3 Å². The first kappa shape index (κ1) is 58.0. The van der Waals surface area contributed by atoms with Crippen LogP contribution in [0.5, 0.6) is 5.75 Å². The highest BCUT2D eigenvalue weighted by Gasteiger charge is 2.50. The third-order valence-electron chi connectivity index (χ3n) is 19.8. The van der Waals surface area contributed by atoms with Crippen molar-refractivity contribution < 1.29 is 37.5 Å². The number of aromatic amines is 1. The number of ether oxygens (including phenoxy) is 3. The van der Waals surface area contributed by atoms with Crippen LogP contribution in [0.4, 0.5) is 40.1 Å². The maximum atomic E-state index is 14.9. The van der Waals surface area contributed by atoms with Gasteiger partial charge in [0, 0.05) is 114 Å². The number of aromatic nitrogens is 3. The molecule has 6 fully saturated rings. The van der Waals surface area contributed by atoms with Gasteiger partial charge in [-0.3, -0.25) is 24.7 Å². The number of piperidine rings is 1. The number of aryl methyl sites for hydroxylation is 1. The normalized spacial score (nSPS) is 24.0. The van der Waals surface area contributed by atoms with Gasteiger partial charge in [-0.1, -0.05) is 24.3 Å². The lowest BCUT2D eigenvalue weighted by atomic mass is 9.59. The largest absolute Gasteiger partial charge is 0.493 e. The molecule has 13 rings (SSSR count). The van der Waals surface area contributed by atoms with Gasteiger partial charge in [0.2, 0.25) is 0 Å². The number of morpholine rings is 2. The van der Waals surface area contributed by atoms with E-state index in [-0.39, 0.29) is 34.7 Å². The van der Waals surface area contributed by atoms with Crippen molar-refractivity contribution in [1.29, 1.82) is 0 Å². The number of aliphatic hydroxyl groups is 1. The van der Waals surface area contributed by atoms with E-state index in [2.05, 4.69) is 87.7 Å². The number of hydrogen-bond acceptors (Lipinski definition) is 18. The van der Waals surface area contributed by atoms with E-state index >= 15 is 0 Å². The summed E-state index contributed by atoms with van der Waals surface area (Å²) in [6, 6.07) is 25.2. The molecule has 7 aliphatic rings. The molecule has 3 aromatic carbocycles. The number of hydrogen-bond donors (Lipinski definition) is 4. The monoisotopic (exact) mass is 1190 g/mol. The van der Waals surface area contributed by atoms with Gasteiger partial charge in [-0.15, -0.1) is 0 Å². The summed E-state index contributed by atoms with van der Waals surface area (Å²) in [5, 5.41) is 27.0. The summed E-state index contributed by atoms with van der Waals surface area (Å²) in [5.41, 5.74) is 6.24. The van der Waals surface area contributed by atoms with Gasteiger partial charge in [0.1, 0.15) is 11.3 Å². The first-order valence-corrected chi connectivity index (χ1v) is 32.3. The number of nitro groups is 1. The zero-order chi connectivity index (χ0) is 59.3. The second-order valence-corrected chi connectivity index (χ2v) is 27.0. The Morgan fingerprint density at radius 3 is 2.43 bits per heavy atom. The molecule has 456 valence electrons. The number of carbonyl (C=O) groups is 1. The van der Waals surface area contributed by atoms with E-state index in [4.69, 9.17) is 24.2 Å². The van der Waals surface area contributed by atoms with Crippen LogP contribution in [0.2, 0.25) is 0 Å². The summed E-state index contributed by atoms with van der Waals surface area (Å²) in [4.78, 5) is 54.1. The molecule has 0 radical (unpaired) electrons. The van der Waals surface area contributed by atoms with Crippen molar-refractivity contribution in [1.82, 2.24) is 29.5 Å². The number of nitrogens with one attached hydrogen (secondary N) is 3. The number of nitro benzene ring substituents is 1. The van der Waals surface area contributed by atoms with Crippen LogP contribution in [0.25, 0.3) is 11.0 Å². The van der Waals surface area contributed by atoms with Crippen LogP contribution in [0.15, 0.2) is 96.2 Å². The molecule has 6 aromatic rings. The minimum atomic E-state index is -4.63. The SMILES string of the molecule is COc1cc(CN2CCN(C3CC4(CCN(c5ccc(C(=O)NS(=O)(=O)c6ccc(NCC7CCC(C)(O)CC7)c([N+](=O)[O-])c6)c(N6CC[C@@H]7COCCN7c7nc8[nH]ccc8cc76)c5)CC4)C3)[C@H](c3ccccc3C)C2)cnc1N1CCOCC1. The molecule has 3 aromatic heterocycles. The molecule has 0 bridgehead atoms. The summed E-state index contributed by atoms with van der Waals surface area (Å²) in [6.07, 6.45) is 11.7. The first-order valence-electron chi connectivity index (χ1n) is 30.8. The Labute approximate surface area is 503 Å². The Morgan fingerprint density at radius 1 is 0.860 bits per heavy atom. The molecule has 0 unspecified atom stereocenters. The molecule has 2 aliphatic carbocycles. The van der Waals surface area contributed by atoms with Crippen LogP contribution >= 0.6 is 0 Å². The number of carbonyl (C=O) groups excluding carboxylic acids is 1. The number of methoxy groups -OCH3 is 1. The van der Waals surface area contributed by atoms with Gasteiger partial charge in [0.05, 0.1) is 71.9 Å². The lowest BCUT2D eigenvalue weighted by Gasteiger charge is -2.58. The van der Waals surface area contributed by atoms with Crippen molar-refractivity contribution in [2.45, 2.75) is 107 Å². The van der Waals surface area contributed by atoms with Gasteiger partial charge in [-0.05, 0) is 148 Å². The van der Waals surface area contributed by atoms with Crippen molar-refractivity contribution in [3.05, 3.63) is 124 Å². The molecule has 22 heteroatoms. The van der Waals surface area contributed by atoms with Crippen molar-refractivity contribution in [2.75, 3.05) is 124 Å². The second-order valence-electron chi connectivity index (χ2n) is 25.4. The number of benzene rings is 3. The van der Waals surface area contributed by atoms with E-state index in [1.165, 1.54) is 23.3 Å². The molecule has 1 amide bonds. The molecule has 21 nitrogen and oxygen atoms in total. The smallest absolute Gasteiger partial charge is 0.293 e. The number of anilines is 6. The number of fused-ring (bicyclic) bond motifs is 4. The van der Waals surface area contributed by atoms with Crippen molar-refractivity contribution in [3.63, 3.8) is 0 Å². The highest BCUT2D eigenvalue weighted by molar-refractivity contribution is 7.90. The predicted molar refractivity (Wildman–Crippen MR) is 332 cm³/mol. The van der Waals surface area contributed by atoms with Crippen LogP contribution in [-0.2, 0) is 26.0 Å². The zero-order valence-electron chi connectivity index (χ0n) is 49.6. The Kier molecular flexibility index (Phi) is 16.1. The number of sulfonamides is 1. The number of amides is 1. The molecule has 5 aliphatic heterocycles. The third kappa shape index (κ3) is 11.8. The average molecular weight is 1190 g/mol. The van der Waals surface area contributed by atoms with Crippen LogP contribution < -0.4 is 34.4 Å². The topological polar surface area (TPSA) is 227 Å². The Morgan fingerprint density at radius 2 is 1.65 bits per heavy atom. The van der Waals surface area contributed by atoms with E-state index in [1.807, 2.05) is 37.5 Å². The number of H-pyrrole nitrogens is 1. The Balaban J connectivity index is 0.737. The molecule has 2 saturated carbocycles. The molecule has 2 atom stereocenters. The molecular formula is C64H80N12O9S. The molecule has 1 spiro atoms. The van der Waals surface area contributed by atoms with Crippen LogP contribution in [0.3, 0.4) is 0 Å². The molecule has 4 saturated heterocycles. The summed E-state index contributed by atoms with van der Waals surface area (Å²) in [7, 11) is -2.90. The maximum Gasteiger partial charge on any atom is 0.293 e. The third-order valence-corrected chi connectivity index (χ3v) is 21.2. The van der Waals surface area contributed by atoms with Gasteiger partial charge in [-0.2, -0.15) is 0 Å². The van der Waals surface area contributed by atoms with Crippen molar-refractivity contribution in [3.8, 4) is 5.75 Å². The minimum Gasteiger partial charge on any atom is -0.493 e. The predicted octanol–water partition coefficient (Wildman–Crippen LogP) is 8.55. The van der Waals surface area contributed by atoms with Crippen LogP contribution in [0.1, 0.15) is 97.8 Å². The summed E-state index contributed by atoms with van der Waals surface area (Å²) < 4.78 is 48.5. The number of rotatable bonds is 15. The maximum absolute atomic E-state index is 14.9. The quantitative estimate of drug-likeness (QED) is 0.0558. The number of piperazine rings is 1. The Bertz CT molecular complexity index is 3590. The van der Waals surface area contributed by atoms with Crippen molar-refractivity contribution >= 4 is 67.0 Å². The summed E-state index contributed by atoms with van der Waals surface area (Å²) >= 11 is 0. The van der Waals surface area contributed by atoms with Gasteiger partial charge in [0.25, 0.3) is 21.6 Å². The fourth-order valence-corrected chi connectivity index (χ4v) is 15.8. The van der Waals surface area contributed by atoms with Crippen LogP contribution in [-0.4, -0.2) is 166 Å². The number of pyridine rings is 2. The van der Waals surface area contributed by atoms with E-state index in [0.29, 0.717) is 77.1 Å². The molecule has 86 heavy (non-hydrogen) atoms. The van der Waals surface area contributed by atoms with E-state index in [1.54, 1.807) is 13.2 Å². The highest BCUT2D eigenvalue weighted by atomic mass is 32.2. The molecular weight excluding hydrogens is 1110 g/mol. The van der Waals surface area contributed by atoms with Crippen LogP contribution in [0, 0.1) is 28.4 Å². The fourth-order valence-electron chi connectivity index (χ4n) is 14.8. The molecule has 8 heterocycles. The fraction of sp³-hybridized carbons (Fsp3) is 0.516. The van der Waals surface area contributed by atoms with E-state index < -0.39 is 37.0 Å². The Hall–Kier alpha value is -7.08. The zero-order valence-corrected chi connectivity index (χ0v) is 50.4.